The molecule has 30 heavy (non-hydrogen) atoms. The lowest BCUT2D eigenvalue weighted by atomic mass is 10.1. The highest BCUT2D eigenvalue weighted by Crippen LogP contribution is 2.36. The molecule has 7 heteroatoms. The fourth-order valence-corrected chi connectivity index (χ4v) is 4.37. The summed E-state index contributed by atoms with van der Waals surface area (Å²) in [7, 11) is 3.16. The lowest BCUT2D eigenvalue weighted by Gasteiger charge is -2.35. The van der Waals surface area contributed by atoms with Gasteiger partial charge < -0.3 is 14.4 Å². The number of ether oxygens (including phenoxy) is 2. The predicted octanol–water partition coefficient (Wildman–Crippen LogP) is 3.97. The SMILES string of the molecule is COc1cc(C(=O)N2CCN(Cc3cccc4cccnc34)CC2)cc(OC)c1Br. The van der Waals surface area contributed by atoms with Gasteiger partial charge in [-0.2, -0.15) is 0 Å². The van der Waals surface area contributed by atoms with E-state index in [1.165, 1.54) is 5.56 Å². The maximum atomic E-state index is 13.1. The van der Waals surface area contributed by atoms with Crippen molar-refractivity contribution in [2.75, 3.05) is 40.4 Å². The van der Waals surface area contributed by atoms with Crippen LogP contribution in [0, 0.1) is 0 Å². The Kier molecular flexibility index (Phi) is 6.20. The number of carbonyl (C=O) groups is 1. The molecule has 0 saturated carbocycles. The van der Waals surface area contributed by atoms with E-state index in [9.17, 15) is 4.79 Å². The zero-order chi connectivity index (χ0) is 21.1. The third-order valence-corrected chi connectivity index (χ3v) is 6.24. The highest BCUT2D eigenvalue weighted by Gasteiger charge is 2.24. The quantitative estimate of drug-likeness (QED) is 0.565. The van der Waals surface area contributed by atoms with Crippen LogP contribution in [0.4, 0.5) is 0 Å². The number of para-hydroxylation sites is 1. The minimum absolute atomic E-state index is 0.00872. The van der Waals surface area contributed by atoms with E-state index in [-0.39, 0.29) is 5.91 Å². The number of rotatable bonds is 5. The van der Waals surface area contributed by atoms with Crippen molar-refractivity contribution in [1.29, 1.82) is 0 Å². The lowest BCUT2D eigenvalue weighted by Crippen LogP contribution is -2.48. The van der Waals surface area contributed by atoms with Crippen LogP contribution in [0.25, 0.3) is 10.9 Å². The molecule has 1 fully saturated rings. The van der Waals surface area contributed by atoms with Crippen LogP contribution in [0.3, 0.4) is 0 Å². The third-order valence-electron chi connectivity index (χ3n) is 5.46. The van der Waals surface area contributed by atoms with E-state index in [2.05, 4.69) is 50.1 Å². The first-order valence-corrected chi connectivity index (χ1v) is 10.7. The molecule has 4 rings (SSSR count). The summed E-state index contributed by atoms with van der Waals surface area (Å²) < 4.78 is 11.5. The van der Waals surface area contributed by atoms with Gasteiger partial charge in [0.1, 0.15) is 16.0 Å². The Morgan fingerprint density at radius 1 is 1.03 bits per heavy atom. The van der Waals surface area contributed by atoms with Gasteiger partial charge in [-0.15, -0.1) is 0 Å². The molecule has 1 saturated heterocycles. The Balaban J connectivity index is 1.44. The summed E-state index contributed by atoms with van der Waals surface area (Å²) in [6.07, 6.45) is 1.84. The van der Waals surface area contributed by atoms with Crippen molar-refractivity contribution in [3.8, 4) is 11.5 Å². The normalized spacial score (nSPS) is 14.7. The minimum Gasteiger partial charge on any atom is -0.495 e. The van der Waals surface area contributed by atoms with Crippen molar-refractivity contribution in [2.45, 2.75) is 6.54 Å². The molecule has 0 bridgehead atoms. The van der Waals surface area contributed by atoms with Gasteiger partial charge in [-0.3, -0.25) is 14.7 Å². The van der Waals surface area contributed by atoms with Crippen LogP contribution in [0.2, 0.25) is 0 Å². The number of nitrogens with zero attached hydrogens (tertiary/aromatic N) is 3. The molecule has 0 atom stereocenters. The summed E-state index contributed by atoms with van der Waals surface area (Å²) in [5, 5.41) is 1.15. The van der Waals surface area contributed by atoms with Crippen LogP contribution in [0.1, 0.15) is 15.9 Å². The van der Waals surface area contributed by atoms with Gasteiger partial charge in [0, 0.05) is 49.9 Å². The Labute approximate surface area is 184 Å². The van der Waals surface area contributed by atoms with Gasteiger partial charge in [0.05, 0.1) is 19.7 Å². The smallest absolute Gasteiger partial charge is 0.254 e. The summed E-state index contributed by atoms with van der Waals surface area (Å²) in [6, 6.07) is 13.8. The number of amides is 1. The second-order valence-electron chi connectivity index (χ2n) is 7.26. The van der Waals surface area contributed by atoms with Crippen LogP contribution in [0.5, 0.6) is 11.5 Å². The highest BCUT2D eigenvalue weighted by atomic mass is 79.9. The van der Waals surface area contributed by atoms with Crippen molar-refractivity contribution < 1.29 is 14.3 Å². The van der Waals surface area contributed by atoms with Gasteiger partial charge in [0.25, 0.3) is 5.91 Å². The molecular weight excluding hydrogens is 446 g/mol. The molecule has 0 spiro atoms. The molecule has 0 aliphatic carbocycles. The summed E-state index contributed by atoms with van der Waals surface area (Å²) in [5.41, 5.74) is 2.83. The van der Waals surface area contributed by atoms with Gasteiger partial charge in [0.2, 0.25) is 0 Å². The molecule has 2 heterocycles. The van der Waals surface area contributed by atoms with E-state index in [4.69, 9.17) is 9.47 Å². The van der Waals surface area contributed by atoms with Crippen molar-refractivity contribution in [3.05, 3.63) is 64.3 Å². The van der Waals surface area contributed by atoms with Crippen LogP contribution in [0.15, 0.2) is 53.1 Å². The van der Waals surface area contributed by atoms with Crippen molar-refractivity contribution in [3.63, 3.8) is 0 Å². The predicted molar refractivity (Wildman–Crippen MR) is 120 cm³/mol. The Morgan fingerprint density at radius 2 is 1.70 bits per heavy atom. The molecule has 156 valence electrons. The highest BCUT2D eigenvalue weighted by molar-refractivity contribution is 9.10. The fourth-order valence-electron chi connectivity index (χ4n) is 3.82. The Hall–Kier alpha value is -2.64. The zero-order valence-corrected chi connectivity index (χ0v) is 18.7. The van der Waals surface area contributed by atoms with E-state index >= 15 is 0 Å². The molecule has 1 aromatic heterocycles. The molecular formula is C23H24BrN3O3. The third kappa shape index (κ3) is 4.13. The Bertz CT molecular complexity index is 1030. The molecule has 3 aromatic rings. The molecule has 1 aliphatic rings. The molecule has 0 radical (unpaired) electrons. The second-order valence-corrected chi connectivity index (χ2v) is 8.05. The minimum atomic E-state index is -0.00872. The number of pyridine rings is 1. The van der Waals surface area contributed by atoms with Crippen LogP contribution in [-0.4, -0.2) is 61.1 Å². The summed E-state index contributed by atoms with van der Waals surface area (Å²) in [5.74, 6) is 1.16. The molecule has 0 unspecified atom stereocenters. The van der Waals surface area contributed by atoms with Crippen molar-refractivity contribution >= 4 is 32.7 Å². The van der Waals surface area contributed by atoms with Gasteiger partial charge in [-0.1, -0.05) is 24.3 Å². The molecule has 0 N–H and O–H groups in total. The first kappa shape index (κ1) is 20.6. The standard InChI is InChI=1S/C23H24BrN3O3/c1-29-19-13-18(14-20(30-2)21(19)24)23(28)27-11-9-26(10-12-27)15-17-6-3-5-16-7-4-8-25-22(16)17/h3-8,13-14H,9-12,15H2,1-2H3. The number of fused-ring (bicyclic) bond motifs is 1. The molecule has 1 amide bonds. The fraction of sp³-hybridized carbons (Fsp3) is 0.304. The number of halogens is 1. The summed E-state index contributed by atoms with van der Waals surface area (Å²) in [4.78, 5) is 21.9. The lowest BCUT2D eigenvalue weighted by molar-refractivity contribution is 0.0628. The van der Waals surface area contributed by atoms with Crippen molar-refractivity contribution in [1.82, 2.24) is 14.8 Å². The maximum absolute atomic E-state index is 13.1. The summed E-state index contributed by atoms with van der Waals surface area (Å²) in [6.45, 7) is 3.82. The average Bonchev–Trinajstić information content (AvgIpc) is 2.79. The number of hydrogen-bond donors (Lipinski definition) is 0. The number of aromatic nitrogens is 1. The van der Waals surface area contributed by atoms with E-state index in [0.717, 1.165) is 30.5 Å². The van der Waals surface area contributed by atoms with E-state index in [0.29, 0.717) is 34.6 Å². The largest absolute Gasteiger partial charge is 0.495 e. The average molecular weight is 470 g/mol. The van der Waals surface area contributed by atoms with Gasteiger partial charge in [0.15, 0.2) is 0 Å². The Morgan fingerprint density at radius 3 is 2.37 bits per heavy atom. The monoisotopic (exact) mass is 469 g/mol. The number of carbonyl (C=O) groups excluding carboxylic acids is 1. The zero-order valence-electron chi connectivity index (χ0n) is 17.1. The van der Waals surface area contributed by atoms with Gasteiger partial charge in [-0.05, 0) is 39.7 Å². The summed E-state index contributed by atoms with van der Waals surface area (Å²) >= 11 is 3.45. The molecule has 2 aromatic carbocycles. The molecule has 6 nitrogen and oxygen atoms in total. The number of piperazine rings is 1. The van der Waals surface area contributed by atoms with Crippen LogP contribution >= 0.6 is 15.9 Å². The first-order chi connectivity index (χ1) is 14.6. The molecule has 1 aliphatic heterocycles. The van der Waals surface area contributed by atoms with Gasteiger partial charge in [-0.25, -0.2) is 0 Å². The first-order valence-electron chi connectivity index (χ1n) is 9.86. The van der Waals surface area contributed by atoms with E-state index < -0.39 is 0 Å². The van der Waals surface area contributed by atoms with Gasteiger partial charge >= 0.3 is 0 Å². The number of hydrogen-bond acceptors (Lipinski definition) is 5. The topological polar surface area (TPSA) is 54.9 Å². The van der Waals surface area contributed by atoms with Crippen LogP contribution in [-0.2, 0) is 6.54 Å². The number of benzene rings is 2. The number of methoxy groups -OCH3 is 2. The van der Waals surface area contributed by atoms with E-state index in [1.54, 1.807) is 26.4 Å². The maximum Gasteiger partial charge on any atom is 0.254 e. The second kappa shape index (κ2) is 9.02. The van der Waals surface area contributed by atoms with Crippen LogP contribution < -0.4 is 9.47 Å². The van der Waals surface area contributed by atoms with Crippen molar-refractivity contribution in [2.24, 2.45) is 0 Å². The van der Waals surface area contributed by atoms with E-state index in [1.807, 2.05) is 17.2 Å².